The quantitative estimate of drug-likeness (QED) is 0.860. The van der Waals surface area contributed by atoms with E-state index in [2.05, 4.69) is 10.3 Å². The molecule has 118 valence electrons. The van der Waals surface area contributed by atoms with Crippen LogP contribution in [0.5, 0.6) is 0 Å². The Balaban J connectivity index is 1.83. The van der Waals surface area contributed by atoms with Crippen LogP contribution in [-0.2, 0) is 16.4 Å². The molecule has 7 nitrogen and oxygen atoms in total. The molecule has 9 heteroatoms. The summed E-state index contributed by atoms with van der Waals surface area (Å²) in [7, 11) is -2.99. The predicted molar refractivity (Wildman–Crippen MR) is 80.1 cm³/mol. The molecule has 3 rings (SSSR count). The van der Waals surface area contributed by atoms with Gasteiger partial charge in [-0.2, -0.15) is 0 Å². The minimum Gasteiger partial charge on any atom is -0.367 e. The largest absolute Gasteiger partial charge is 0.367 e. The first-order valence-corrected chi connectivity index (χ1v) is 8.67. The van der Waals surface area contributed by atoms with Crippen LogP contribution in [0.1, 0.15) is 5.69 Å². The molecule has 1 aromatic carbocycles. The van der Waals surface area contributed by atoms with Gasteiger partial charge in [0.05, 0.1) is 34.8 Å². The molecule has 2 N–H and O–H groups in total. The van der Waals surface area contributed by atoms with Gasteiger partial charge in [-0.05, 0) is 12.1 Å². The van der Waals surface area contributed by atoms with Gasteiger partial charge in [0.15, 0.2) is 9.84 Å². The Kier molecular flexibility index (Phi) is 3.83. The molecular formula is C13H16FN5O2S. The normalized spacial score (nSPS) is 17.6. The van der Waals surface area contributed by atoms with Gasteiger partial charge in [-0.1, -0.05) is 5.21 Å². The average molecular weight is 325 g/mol. The second-order valence-electron chi connectivity index (χ2n) is 5.13. The second kappa shape index (κ2) is 5.65. The number of benzene rings is 1. The summed E-state index contributed by atoms with van der Waals surface area (Å²) in [5, 5.41) is 7.74. The predicted octanol–water partition coefficient (Wildman–Crippen LogP) is 0.0999. The Labute approximate surface area is 127 Å². The third kappa shape index (κ3) is 2.95. The van der Waals surface area contributed by atoms with Crippen molar-refractivity contribution >= 4 is 15.5 Å². The van der Waals surface area contributed by atoms with Crippen LogP contribution in [0.3, 0.4) is 0 Å². The van der Waals surface area contributed by atoms with Gasteiger partial charge < -0.3 is 10.6 Å². The van der Waals surface area contributed by atoms with E-state index >= 15 is 0 Å². The van der Waals surface area contributed by atoms with Crippen LogP contribution in [0.2, 0.25) is 0 Å². The zero-order valence-electron chi connectivity index (χ0n) is 11.8. The fourth-order valence-corrected chi connectivity index (χ4v) is 3.57. The van der Waals surface area contributed by atoms with E-state index in [0.717, 1.165) is 0 Å². The summed E-state index contributed by atoms with van der Waals surface area (Å²) in [6.45, 7) is 0.876. The molecule has 0 saturated carbocycles. The lowest BCUT2D eigenvalue weighted by atomic mass is 10.2. The maximum absolute atomic E-state index is 14.3. The average Bonchev–Trinajstić information content (AvgIpc) is 2.97. The maximum atomic E-state index is 14.3. The van der Waals surface area contributed by atoms with Crippen LogP contribution in [0.4, 0.5) is 10.1 Å². The third-order valence-corrected chi connectivity index (χ3v) is 5.24. The number of sulfone groups is 1. The molecule has 0 radical (unpaired) electrons. The Morgan fingerprint density at radius 1 is 1.27 bits per heavy atom. The fourth-order valence-electron chi connectivity index (χ4n) is 2.37. The van der Waals surface area contributed by atoms with E-state index in [1.807, 2.05) is 0 Å². The van der Waals surface area contributed by atoms with E-state index in [4.69, 9.17) is 5.73 Å². The highest BCUT2D eigenvalue weighted by atomic mass is 32.2. The minimum atomic E-state index is -2.99. The first-order valence-electron chi connectivity index (χ1n) is 6.85. The topological polar surface area (TPSA) is 94.1 Å². The van der Waals surface area contributed by atoms with Gasteiger partial charge in [0, 0.05) is 25.7 Å². The zero-order chi connectivity index (χ0) is 15.7. The summed E-state index contributed by atoms with van der Waals surface area (Å²) in [6, 6.07) is 4.70. The van der Waals surface area contributed by atoms with Crippen LogP contribution in [0.25, 0.3) is 5.69 Å². The number of nitrogens with zero attached hydrogens (tertiary/aromatic N) is 4. The Bertz CT molecular complexity index is 775. The minimum absolute atomic E-state index is 0.0527. The van der Waals surface area contributed by atoms with Crippen molar-refractivity contribution in [2.75, 3.05) is 29.5 Å². The molecule has 1 saturated heterocycles. The van der Waals surface area contributed by atoms with Crippen molar-refractivity contribution in [3.8, 4) is 5.69 Å². The van der Waals surface area contributed by atoms with Crippen molar-refractivity contribution in [2.24, 2.45) is 5.73 Å². The lowest BCUT2D eigenvalue weighted by Gasteiger charge is -2.29. The number of anilines is 1. The molecule has 2 heterocycles. The van der Waals surface area contributed by atoms with Crippen molar-refractivity contribution < 1.29 is 12.8 Å². The van der Waals surface area contributed by atoms with Gasteiger partial charge in [0.25, 0.3) is 0 Å². The summed E-state index contributed by atoms with van der Waals surface area (Å²) in [5.74, 6) is -0.310. The monoisotopic (exact) mass is 325 g/mol. The molecule has 0 amide bonds. The van der Waals surface area contributed by atoms with Gasteiger partial charge in [0.2, 0.25) is 0 Å². The zero-order valence-corrected chi connectivity index (χ0v) is 12.6. The van der Waals surface area contributed by atoms with Crippen molar-refractivity contribution in [1.29, 1.82) is 0 Å². The van der Waals surface area contributed by atoms with Gasteiger partial charge >= 0.3 is 0 Å². The van der Waals surface area contributed by atoms with E-state index < -0.39 is 15.7 Å². The highest BCUT2D eigenvalue weighted by Crippen LogP contribution is 2.23. The molecule has 0 spiro atoms. The number of hydrogen-bond acceptors (Lipinski definition) is 6. The summed E-state index contributed by atoms with van der Waals surface area (Å²) in [5.41, 5.74) is 7.03. The molecule has 1 aromatic heterocycles. The van der Waals surface area contributed by atoms with E-state index in [-0.39, 0.29) is 18.1 Å². The van der Waals surface area contributed by atoms with E-state index in [1.54, 1.807) is 23.2 Å². The van der Waals surface area contributed by atoms with Gasteiger partial charge in [-0.15, -0.1) is 5.10 Å². The van der Waals surface area contributed by atoms with Gasteiger partial charge in [-0.25, -0.2) is 17.5 Å². The van der Waals surface area contributed by atoms with E-state index in [0.29, 0.717) is 30.2 Å². The Morgan fingerprint density at radius 2 is 2.00 bits per heavy atom. The van der Waals surface area contributed by atoms with Crippen LogP contribution >= 0.6 is 0 Å². The molecule has 2 aromatic rings. The van der Waals surface area contributed by atoms with Crippen LogP contribution in [0.15, 0.2) is 24.4 Å². The summed E-state index contributed by atoms with van der Waals surface area (Å²) >= 11 is 0. The molecule has 0 unspecified atom stereocenters. The molecule has 22 heavy (non-hydrogen) atoms. The van der Waals surface area contributed by atoms with Gasteiger partial charge in [0.1, 0.15) is 5.82 Å². The fraction of sp³-hybridized carbons (Fsp3) is 0.385. The molecule has 0 atom stereocenters. The molecule has 0 bridgehead atoms. The highest BCUT2D eigenvalue weighted by Gasteiger charge is 2.23. The first kappa shape index (κ1) is 14.9. The molecule has 1 aliphatic rings. The van der Waals surface area contributed by atoms with Crippen LogP contribution in [-0.4, -0.2) is 48.0 Å². The second-order valence-corrected chi connectivity index (χ2v) is 7.44. The number of hydrogen-bond donors (Lipinski definition) is 1. The van der Waals surface area contributed by atoms with E-state index in [9.17, 15) is 12.8 Å². The lowest BCUT2D eigenvalue weighted by Crippen LogP contribution is -2.40. The van der Waals surface area contributed by atoms with Crippen molar-refractivity contribution in [1.82, 2.24) is 15.0 Å². The maximum Gasteiger partial charge on any atom is 0.153 e. The van der Waals surface area contributed by atoms with Crippen molar-refractivity contribution in [2.45, 2.75) is 6.54 Å². The van der Waals surface area contributed by atoms with Crippen molar-refractivity contribution in [3.63, 3.8) is 0 Å². The number of rotatable bonds is 3. The standard InChI is InChI=1S/C13H16FN5O2S/c14-12-7-11(19-9-10(8-15)16-17-19)1-2-13(12)18-3-5-22(20,21)6-4-18/h1-2,7,9H,3-6,8,15H2. The number of aromatic nitrogens is 3. The summed E-state index contributed by atoms with van der Waals surface area (Å²) in [4.78, 5) is 1.74. The smallest absolute Gasteiger partial charge is 0.153 e. The Hall–Kier alpha value is -2.00. The van der Waals surface area contributed by atoms with Gasteiger partial charge in [-0.3, -0.25) is 0 Å². The van der Waals surface area contributed by atoms with Crippen molar-refractivity contribution in [3.05, 3.63) is 35.9 Å². The summed E-state index contributed by atoms with van der Waals surface area (Å²) in [6.07, 6.45) is 1.64. The highest BCUT2D eigenvalue weighted by molar-refractivity contribution is 7.91. The number of nitrogens with two attached hydrogens (primary N) is 1. The lowest BCUT2D eigenvalue weighted by molar-refractivity contribution is 0.581. The first-order chi connectivity index (χ1) is 10.5. The molecule has 1 fully saturated rings. The molecule has 0 aliphatic carbocycles. The summed E-state index contributed by atoms with van der Waals surface area (Å²) < 4.78 is 38.6. The van der Waals surface area contributed by atoms with E-state index in [1.165, 1.54) is 10.7 Å². The van der Waals surface area contributed by atoms with Crippen LogP contribution in [0, 0.1) is 5.82 Å². The SMILES string of the molecule is NCc1cn(-c2ccc(N3CCS(=O)(=O)CC3)c(F)c2)nn1. The molecular weight excluding hydrogens is 309 g/mol. The third-order valence-electron chi connectivity index (χ3n) is 3.63. The number of halogens is 1. The van der Waals surface area contributed by atoms with Crippen LogP contribution < -0.4 is 10.6 Å². The molecule has 1 aliphatic heterocycles. The Morgan fingerprint density at radius 3 is 2.59 bits per heavy atom.